The molecule has 2 amide bonds. The Bertz CT molecular complexity index is 730. The molecule has 0 aromatic carbocycles. The lowest BCUT2D eigenvalue weighted by Crippen LogP contribution is -2.52. The number of likely N-dealkylation sites (tertiary alicyclic amines) is 1. The van der Waals surface area contributed by atoms with Gasteiger partial charge in [-0.1, -0.05) is 0 Å². The molecule has 1 aliphatic rings. The summed E-state index contributed by atoms with van der Waals surface area (Å²) in [5.74, 6) is -0.651. The Morgan fingerprint density at radius 2 is 1.96 bits per heavy atom. The number of carbonyl (C=O) groups is 2. The maximum absolute atomic E-state index is 13.4. The number of amides is 2. The van der Waals surface area contributed by atoms with Crippen molar-refractivity contribution >= 4 is 27.9 Å². The fourth-order valence-corrected chi connectivity index (χ4v) is 3.68. The number of carbonyl (C=O) groups excluding carboxylic acids is 2. The molecular weight excluding hydrogens is 433 g/mol. The van der Waals surface area contributed by atoms with Crippen molar-refractivity contribution in [3.63, 3.8) is 0 Å². The molecule has 0 N–H and O–H groups in total. The van der Waals surface area contributed by atoms with Crippen molar-refractivity contribution in [2.75, 3.05) is 27.2 Å². The molecule has 7 nitrogen and oxygen atoms in total. The normalized spacial score (nSPS) is 16.6. The van der Waals surface area contributed by atoms with Crippen LogP contribution in [0, 0.1) is 11.2 Å². The van der Waals surface area contributed by atoms with Crippen molar-refractivity contribution in [2.45, 2.75) is 45.6 Å². The van der Waals surface area contributed by atoms with Crippen LogP contribution >= 0.6 is 15.9 Å². The first-order valence-electron chi connectivity index (χ1n) is 9.07. The summed E-state index contributed by atoms with van der Waals surface area (Å²) in [7, 11) is 2.98. The van der Waals surface area contributed by atoms with Crippen LogP contribution in [-0.4, -0.2) is 59.8 Å². The molecule has 1 aromatic heterocycles. The summed E-state index contributed by atoms with van der Waals surface area (Å²) in [4.78, 5) is 36.3. The van der Waals surface area contributed by atoms with E-state index in [1.807, 2.05) is 20.8 Å². The second-order valence-electron chi connectivity index (χ2n) is 7.99. The Kier molecular flexibility index (Phi) is 7.03. The van der Waals surface area contributed by atoms with Crippen LogP contribution in [0.15, 0.2) is 16.7 Å². The van der Waals surface area contributed by atoms with Gasteiger partial charge in [-0.05, 0) is 55.6 Å². The van der Waals surface area contributed by atoms with Crippen LogP contribution in [-0.2, 0) is 20.8 Å². The largest absolute Gasteiger partial charge is 0.444 e. The molecule has 0 saturated carbocycles. The van der Waals surface area contributed by atoms with E-state index in [-0.39, 0.29) is 5.91 Å². The highest BCUT2D eigenvalue weighted by Gasteiger charge is 2.45. The minimum Gasteiger partial charge on any atom is -0.444 e. The predicted octanol–water partition coefficient (Wildman–Crippen LogP) is 3.56. The fourth-order valence-electron chi connectivity index (χ4n) is 3.22. The molecule has 0 spiro atoms. The molecule has 9 heteroatoms. The molecule has 0 bridgehead atoms. The number of halogens is 2. The summed E-state index contributed by atoms with van der Waals surface area (Å²) in [6.45, 7) is 6.18. The topological polar surface area (TPSA) is 72.0 Å². The highest BCUT2D eigenvalue weighted by Crippen LogP contribution is 2.38. The Labute approximate surface area is 173 Å². The standard InChI is InChI=1S/C19H27BrFN3O4/c1-18(2,3)28-17(26)24-8-6-19(7-9-24,16(25)23(4)27-5)11-15-14(20)10-13(21)12-22-15/h10,12H,6-9,11H2,1-5H3. The van der Waals surface area contributed by atoms with Gasteiger partial charge in [-0.25, -0.2) is 14.2 Å². The summed E-state index contributed by atoms with van der Waals surface area (Å²) < 4.78 is 19.3. The van der Waals surface area contributed by atoms with E-state index in [1.165, 1.54) is 18.2 Å². The molecule has 2 heterocycles. The Hall–Kier alpha value is -1.74. The van der Waals surface area contributed by atoms with Gasteiger partial charge >= 0.3 is 6.09 Å². The van der Waals surface area contributed by atoms with E-state index in [9.17, 15) is 14.0 Å². The fraction of sp³-hybridized carbons (Fsp3) is 0.632. The first kappa shape index (κ1) is 22.5. The maximum Gasteiger partial charge on any atom is 0.410 e. The van der Waals surface area contributed by atoms with Crippen molar-refractivity contribution in [3.05, 3.63) is 28.2 Å². The average molecular weight is 460 g/mol. The van der Waals surface area contributed by atoms with Gasteiger partial charge in [0.1, 0.15) is 11.4 Å². The zero-order valence-electron chi connectivity index (χ0n) is 16.9. The van der Waals surface area contributed by atoms with Crippen molar-refractivity contribution in [1.82, 2.24) is 14.9 Å². The molecule has 1 saturated heterocycles. The molecule has 0 unspecified atom stereocenters. The van der Waals surface area contributed by atoms with Gasteiger partial charge in [-0.3, -0.25) is 14.6 Å². The van der Waals surface area contributed by atoms with Crippen LogP contribution in [0.1, 0.15) is 39.3 Å². The van der Waals surface area contributed by atoms with Gasteiger partial charge in [0.05, 0.1) is 24.4 Å². The molecule has 0 atom stereocenters. The lowest BCUT2D eigenvalue weighted by molar-refractivity contribution is -0.183. The number of pyridine rings is 1. The van der Waals surface area contributed by atoms with Gasteiger partial charge in [-0.15, -0.1) is 0 Å². The Balaban J connectivity index is 2.22. The summed E-state index contributed by atoms with van der Waals surface area (Å²) in [6.07, 6.45) is 1.89. The zero-order chi connectivity index (χ0) is 21.1. The third-order valence-corrected chi connectivity index (χ3v) is 5.46. The van der Waals surface area contributed by atoms with Crippen molar-refractivity contribution in [1.29, 1.82) is 0 Å². The van der Waals surface area contributed by atoms with Gasteiger partial charge in [0.15, 0.2) is 0 Å². The lowest BCUT2D eigenvalue weighted by Gasteiger charge is -2.42. The molecule has 1 fully saturated rings. The number of rotatable bonds is 4. The molecule has 0 aliphatic carbocycles. The van der Waals surface area contributed by atoms with Crippen LogP contribution in [0.4, 0.5) is 9.18 Å². The monoisotopic (exact) mass is 459 g/mol. The van der Waals surface area contributed by atoms with E-state index in [2.05, 4.69) is 20.9 Å². The van der Waals surface area contributed by atoms with E-state index in [4.69, 9.17) is 9.57 Å². The number of hydrogen-bond donors (Lipinski definition) is 0. The summed E-state index contributed by atoms with van der Waals surface area (Å²) >= 11 is 3.33. The second-order valence-corrected chi connectivity index (χ2v) is 8.85. The van der Waals surface area contributed by atoms with E-state index in [1.54, 1.807) is 11.9 Å². The summed E-state index contributed by atoms with van der Waals surface area (Å²) in [5.41, 5.74) is -0.804. The van der Waals surface area contributed by atoms with Crippen LogP contribution < -0.4 is 0 Å². The predicted molar refractivity (Wildman–Crippen MR) is 105 cm³/mol. The number of piperidine rings is 1. The SMILES string of the molecule is CON(C)C(=O)C1(Cc2ncc(F)cc2Br)CCN(C(=O)OC(C)(C)C)CC1. The molecule has 1 aromatic rings. The third kappa shape index (κ3) is 5.41. The minimum absolute atomic E-state index is 0.197. The molecule has 2 rings (SSSR count). The zero-order valence-corrected chi connectivity index (χ0v) is 18.5. The van der Waals surface area contributed by atoms with Crippen molar-refractivity contribution in [2.24, 2.45) is 5.41 Å². The number of hydrogen-bond acceptors (Lipinski definition) is 5. The van der Waals surface area contributed by atoms with Crippen LogP contribution in [0.3, 0.4) is 0 Å². The number of ether oxygens (including phenoxy) is 1. The van der Waals surface area contributed by atoms with Gasteiger partial charge in [0.25, 0.3) is 5.91 Å². The molecular formula is C19H27BrFN3O4. The van der Waals surface area contributed by atoms with Gasteiger partial charge in [0, 0.05) is 31.0 Å². The van der Waals surface area contributed by atoms with Crippen molar-refractivity contribution < 1.29 is 23.6 Å². The van der Waals surface area contributed by atoms with Gasteiger partial charge in [-0.2, -0.15) is 0 Å². The first-order valence-corrected chi connectivity index (χ1v) is 9.87. The first-order chi connectivity index (χ1) is 13.0. The number of hydroxylamine groups is 2. The maximum atomic E-state index is 13.4. The highest BCUT2D eigenvalue weighted by atomic mass is 79.9. The van der Waals surface area contributed by atoms with Crippen molar-refractivity contribution in [3.8, 4) is 0 Å². The second kappa shape index (κ2) is 8.73. The average Bonchev–Trinajstić information content (AvgIpc) is 2.62. The molecule has 1 aliphatic heterocycles. The van der Waals surface area contributed by atoms with Crippen LogP contribution in [0.2, 0.25) is 0 Å². The van der Waals surface area contributed by atoms with E-state index in [0.717, 1.165) is 6.20 Å². The number of aromatic nitrogens is 1. The van der Waals surface area contributed by atoms with E-state index >= 15 is 0 Å². The quantitative estimate of drug-likeness (QED) is 0.643. The Morgan fingerprint density at radius 1 is 1.36 bits per heavy atom. The van der Waals surface area contributed by atoms with Crippen LogP contribution in [0.5, 0.6) is 0 Å². The van der Waals surface area contributed by atoms with Gasteiger partial charge in [0.2, 0.25) is 0 Å². The molecule has 156 valence electrons. The highest BCUT2D eigenvalue weighted by molar-refractivity contribution is 9.10. The summed E-state index contributed by atoms with van der Waals surface area (Å²) in [5, 5.41) is 1.20. The molecule has 0 radical (unpaired) electrons. The Morgan fingerprint density at radius 3 is 2.46 bits per heavy atom. The number of nitrogens with zero attached hydrogens (tertiary/aromatic N) is 3. The summed E-state index contributed by atoms with van der Waals surface area (Å²) in [6, 6.07) is 1.33. The molecule has 28 heavy (non-hydrogen) atoms. The van der Waals surface area contributed by atoms with Crippen LogP contribution in [0.25, 0.3) is 0 Å². The third-order valence-electron chi connectivity index (χ3n) is 4.78. The lowest BCUT2D eigenvalue weighted by atomic mass is 9.73. The minimum atomic E-state index is -0.809. The smallest absolute Gasteiger partial charge is 0.410 e. The van der Waals surface area contributed by atoms with E-state index in [0.29, 0.717) is 42.5 Å². The van der Waals surface area contributed by atoms with E-state index < -0.39 is 22.9 Å². The van der Waals surface area contributed by atoms with Gasteiger partial charge < -0.3 is 9.64 Å².